The number of aliphatic imine (C=N–C) groups is 1. The second kappa shape index (κ2) is 7.75. The van der Waals surface area contributed by atoms with E-state index in [2.05, 4.69) is 15.8 Å². The number of rotatable bonds is 4. The van der Waals surface area contributed by atoms with Gasteiger partial charge in [0.1, 0.15) is 6.34 Å². The summed E-state index contributed by atoms with van der Waals surface area (Å²) in [4.78, 5) is 4.38. The summed E-state index contributed by atoms with van der Waals surface area (Å²) >= 11 is 12.9. The molecule has 0 fully saturated rings. The number of sulfone groups is 1. The Morgan fingerprint density at radius 3 is 2.11 bits per heavy atom. The van der Waals surface area contributed by atoms with E-state index < -0.39 is 20.9 Å². The van der Waals surface area contributed by atoms with Crippen LogP contribution in [-0.4, -0.2) is 20.0 Å². The summed E-state index contributed by atoms with van der Waals surface area (Å²) in [6.45, 7) is 3.29. The molecular formula is C17H21Cl2N5O2S. The SMILES string of the molecule is CC(C)S(=O)(=O)c1ccc(-c2c(Cl)cc(C3(N)N=CNN3)cc2Cl)cc1.N. The molecule has 10 heteroatoms. The molecule has 0 bridgehead atoms. The number of benzene rings is 2. The van der Waals surface area contributed by atoms with Gasteiger partial charge in [-0.25, -0.2) is 13.4 Å². The predicted molar refractivity (Wildman–Crippen MR) is 110 cm³/mol. The second-order valence-electron chi connectivity index (χ2n) is 6.23. The molecule has 3 rings (SSSR count). The third-order valence-corrected chi connectivity index (χ3v) is 6.94. The van der Waals surface area contributed by atoms with Gasteiger partial charge >= 0.3 is 0 Å². The molecule has 0 amide bonds. The van der Waals surface area contributed by atoms with Gasteiger partial charge in [0.25, 0.3) is 0 Å². The first kappa shape index (κ1) is 21.6. The highest BCUT2D eigenvalue weighted by Crippen LogP contribution is 2.38. The van der Waals surface area contributed by atoms with Crippen LogP contribution in [0.5, 0.6) is 0 Å². The van der Waals surface area contributed by atoms with Crippen molar-refractivity contribution in [1.29, 1.82) is 0 Å². The lowest BCUT2D eigenvalue weighted by molar-refractivity contribution is 0.375. The molecule has 1 aliphatic heterocycles. The van der Waals surface area contributed by atoms with Crippen molar-refractivity contribution in [2.24, 2.45) is 10.7 Å². The van der Waals surface area contributed by atoms with E-state index in [-0.39, 0.29) is 11.0 Å². The zero-order chi connectivity index (χ0) is 19.1. The summed E-state index contributed by atoms with van der Waals surface area (Å²) in [5.41, 5.74) is 13.6. The van der Waals surface area contributed by atoms with E-state index in [1.54, 1.807) is 50.2 Å². The minimum atomic E-state index is -3.34. The van der Waals surface area contributed by atoms with Crippen molar-refractivity contribution in [3.8, 4) is 11.1 Å². The number of nitrogens with zero attached hydrogens (tertiary/aromatic N) is 1. The molecular weight excluding hydrogens is 409 g/mol. The van der Waals surface area contributed by atoms with Crippen LogP contribution >= 0.6 is 23.2 Å². The molecule has 1 heterocycles. The Balaban J connectivity index is 0.00000261. The zero-order valence-electron chi connectivity index (χ0n) is 14.8. The highest BCUT2D eigenvalue weighted by Gasteiger charge is 2.30. The number of halogens is 2. The standard InChI is InChI=1S/C17H18Cl2N4O2S.H3N/c1-10(2)26(24,25)13-5-3-11(4-6-13)16-14(18)7-12(8-15(16)19)17(20)21-9-22-23-17;/h3-10,23H,20H2,1-2H3,(H,21,22);1H3. The largest absolute Gasteiger partial charge is 0.344 e. The topological polar surface area (TPSA) is 132 Å². The van der Waals surface area contributed by atoms with Crippen molar-refractivity contribution in [2.45, 2.75) is 29.8 Å². The lowest BCUT2D eigenvalue weighted by Crippen LogP contribution is -2.49. The van der Waals surface area contributed by atoms with E-state index in [4.69, 9.17) is 28.9 Å². The molecule has 0 aromatic heterocycles. The Bertz CT molecular complexity index is 954. The van der Waals surface area contributed by atoms with Crippen molar-refractivity contribution in [3.63, 3.8) is 0 Å². The first-order chi connectivity index (χ1) is 12.1. The van der Waals surface area contributed by atoms with Crippen LogP contribution in [-0.2, 0) is 15.6 Å². The monoisotopic (exact) mass is 429 g/mol. The van der Waals surface area contributed by atoms with Gasteiger partial charge in [0.2, 0.25) is 5.79 Å². The van der Waals surface area contributed by atoms with Gasteiger partial charge < -0.3 is 11.6 Å². The smallest absolute Gasteiger partial charge is 0.206 e. The van der Waals surface area contributed by atoms with Gasteiger partial charge in [0.05, 0.1) is 20.2 Å². The fourth-order valence-corrected chi connectivity index (χ4v) is 4.37. The molecule has 0 saturated carbocycles. The number of hydrogen-bond acceptors (Lipinski definition) is 7. The molecule has 146 valence electrons. The quantitative estimate of drug-likeness (QED) is 0.589. The van der Waals surface area contributed by atoms with Crippen LogP contribution in [0.1, 0.15) is 19.4 Å². The predicted octanol–water partition coefficient (Wildman–Crippen LogP) is 3.21. The lowest BCUT2D eigenvalue weighted by Gasteiger charge is -2.22. The van der Waals surface area contributed by atoms with E-state index in [9.17, 15) is 8.42 Å². The molecule has 2 aromatic carbocycles. The molecule has 0 saturated heterocycles. The third kappa shape index (κ3) is 3.96. The minimum Gasteiger partial charge on any atom is -0.344 e. The summed E-state index contributed by atoms with van der Waals surface area (Å²) in [5, 5.41) is 0.287. The van der Waals surface area contributed by atoms with Gasteiger partial charge in [-0.1, -0.05) is 35.3 Å². The minimum absolute atomic E-state index is 0. The third-order valence-electron chi connectivity index (χ3n) is 4.17. The maximum atomic E-state index is 12.2. The highest BCUT2D eigenvalue weighted by molar-refractivity contribution is 7.92. The van der Waals surface area contributed by atoms with E-state index in [1.807, 2.05) is 0 Å². The molecule has 0 radical (unpaired) electrons. The number of nitrogens with two attached hydrogens (primary N) is 1. The fraction of sp³-hybridized carbons (Fsp3) is 0.235. The van der Waals surface area contributed by atoms with Crippen LogP contribution in [0.3, 0.4) is 0 Å². The van der Waals surface area contributed by atoms with Gasteiger partial charge in [-0.2, -0.15) is 5.43 Å². The van der Waals surface area contributed by atoms with Crippen molar-refractivity contribution >= 4 is 39.4 Å². The van der Waals surface area contributed by atoms with E-state index >= 15 is 0 Å². The van der Waals surface area contributed by atoms with Crippen LogP contribution in [0.2, 0.25) is 10.0 Å². The molecule has 7 nitrogen and oxygen atoms in total. The van der Waals surface area contributed by atoms with Crippen molar-refractivity contribution in [1.82, 2.24) is 17.0 Å². The summed E-state index contributed by atoms with van der Waals surface area (Å²) in [6.07, 6.45) is 1.45. The summed E-state index contributed by atoms with van der Waals surface area (Å²) < 4.78 is 24.5. The Morgan fingerprint density at radius 2 is 1.67 bits per heavy atom. The summed E-state index contributed by atoms with van der Waals surface area (Å²) in [5.74, 6) is -1.15. The number of nitrogens with one attached hydrogen (secondary N) is 2. The molecule has 2 aromatic rings. The van der Waals surface area contributed by atoms with Gasteiger partial charge in [-0.15, -0.1) is 0 Å². The fourth-order valence-electron chi connectivity index (χ4n) is 2.61. The second-order valence-corrected chi connectivity index (χ2v) is 9.55. The Morgan fingerprint density at radius 1 is 1.11 bits per heavy atom. The Labute approximate surface area is 168 Å². The number of hydrogen-bond donors (Lipinski definition) is 4. The first-order valence-electron chi connectivity index (χ1n) is 7.84. The van der Waals surface area contributed by atoms with E-state index in [0.29, 0.717) is 26.7 Å². The van der Waals surface area contributed by atoms with Crippen LogP contribution in [0.15, 0.2) is 46.3 Å². The van der Waals surface area contributed by atoms with Crippen LogP contribution in [0.4, 0.5) is 0 Å². The highest BCUT2D eigenvalue weighted by atomic mass is 35.5. The summed E-state index contributed by atoms with van der Waals surface area (Å²) in [7, 11) is -3.34. The average Bonchev–Trinajstić information content (AvgIpc) is 3.02. The van der Waals surface area contributed by atoms with Gasteiger partial charge in [0, 0.05) is 11.1 Å². The van der Waals surface area contributed by atoms with Gasteiger partial charge in [0.15, 0.2) is 9.84 Å². The maximum absolute atomic E-state index is 12.2. The van der Waals surface area contributed by atoms with Gasteiger partial charge in [-0.3, -0.25) is 5.73 Å². The molecule has 0 aliphatic carbocycles. The number of hydrazine groups is 1. The molecule has 0 spiro atoms. The molecule has 1 atom stereocenters. The lowest BCUT2D eigenvalue weighted by atomic mass is 10.0. The zero-order valence-corrected chi connectivity index (χ0v) is 17.2. The Hall–Kier alpha value is -1.68. The van der Waals surface area contributed by atoms with Crippen LogP contribution in [0, 0.1) is 0 Å². The molecule has 1 unspecified atom stereocenters. The van der Waals surface area contributed by atoms with Gasteiger partial charge in [-0.05, 0) is 43.7 Å². The van der Waals surface area contributed by atoms with Crippen LogP contribution in [0.25, 0.3) is 11.1 Å². The molecule has 1 aliphatic rings. The van der Waals surface area contributed by atoms with Crippen molar-refractivity contribution in [2.75, 3.05) is 0 Å². The van der Waals surface area contributed by atoms with Crippen molar-refractivity contribution in [3.05, 3.63) is 52.0 Å². The van der Waals surface area contributed by atoms with E-state index in [0.717, 1.165) is 0 Å². The summed E-state index contributed by atoms with van der Waals surface area (Å²) in [6, 6.07) is 9.85. The van der Waals surface area contributed by atoms with E-state index in [1.165, 1.54) is 6.34 Å². The average molecular weight is 430 g/mol. The normalized spacial score (nSPS) is 19.0. The first-order valence-corrected chi connectivity index (χ1v) is 10.1. The Kier molecular flexibility index (Phi) is 6.20. The van der Waals surface area contributed by atoms with Crippen LogP contribution < -0.4 is 22.7 Å². The van der Waals surface area contributed by atoms with Crippen molar-refractivity contribution < 1.29 is 8.42 Å². The molecule has 7 N–H and O–H groups in total. The molecule has 27 heavy (non-hydrogen) atoms. The maximum Gasteiger partial charge on any atom is 0.206 e.